The number of pyridine rings is 1. The minimum atomic E-state index is -0.168. The van der Waals surface area contributed by atoms with Crippen molar-refractivity contribution in [2.24, 2.45) is 0 Å². The van der Waals surface area contributed by atoms with Gasteiger partial charge in [-0.25, -0.2) is 4.39 Å². The summed E-state index contributed by atoms with van der Waals surface area (Å²) in [4.78, 5) is 6.28. The maximum atomic E-state index is 12.9. The van der Waals surface area contributed by atoms with Gasteiger partial charge in [0.05, 0.1) is 17.6 Å². The van der Waals surface area contributed by atoms with Crippen molar-refractivity contribution in [1.82, 2.24) is 4.98 Å². The Morgan fingerprint density at radius 3 is 2.52 bits per heavy atom. The molecule has 1 saturated carbocycles. The fraction of sp³-hybridized carbons (Fsp3) is 0.353. The highest BCUT2D eigenvalue weighted by Crippen LogP contribution is 2.39. The van der Waals surface area contributed by atoms with Gasteiger partial charge in [-0.05, 0) is 42.5 Å². The molecule has 3 nitrogen and oxygen atoms in total. The van der Waals surface area contributed by atoms with E-state index >= 15 is 0 Å². The number of aromatic nitrogens is 1. The monoisotopic (exact) mass is 285 g/mol. The van der Waals surface area contributed by atoms with Gasteiger partial charge in [-0.15, -0.1) is 0 Å². The van der Waals surface area contributed by atoms with Crippen LogP contribution in [-0.4, -0.2) is 25.1 Å². The van der Waals surface area contributed by atoms with Crippen LogP contribution in [0.1, 0.15) is 24.3 Å². The maximum Gasteiger partial charge on any atom is 0.123 e. The Balaban J connectivity index is 1.61. The summed E-state index contributed by atoms with van der Waals surface area (Å²) in [6.45, 7) is 0. The summed E-state index contributed by atoms with van der Waals surface area (Å²) < 4.78 is 12.9. The van der Waals surface area contributed by atoms with Gasteiger partial charge in [0.15, 0.2) is 0 Å². The first-order valence-electron chi connectivity index (χ1n) is 7.27. The van der Waals surface area contributed by atoms with Crippen molar-refractivity contribution in [1.29, 1.82) is 0 Å². The van der Waals surface area contributed by atoms with E-state index in [0.29, 0.717) is 12.0 Å². The summed E-state index contributed by atoms with van der Waals surface area (Å²) in [7, 11) is 4.06. The number of halogens is 1. The van der Waals surface area contributed by atoms with Crippen molar-refractivity contribution in [2.75, 3.05) is 24.3 Å². The number of anilines is 2. The summed E-state index contributed by atoms with van der Waals surface area (Å²) in [5.74, 6) is 0.362. The third-order valence-corrected chi connectivity index (χ3v) is 4.12. The first-order valence-corrected chi connectivity index (χ1v) is 7.27. The van der Waals surface area contributed by atoms with Gasteiger partial charge in [-0.2, -0.15) is 0 Å². The molecular weight excluding hydrogens is 265 g/mol. The molecular formula is C17H20FN3. The van der Waals surface area contributed by atoms with Gasteiger partial charge in [0.25, 0.3) is 0 Å². The molecule has 1 heterocycles. The largest absolute Gasteiger partial charge is 0.379 e. The smallest absolute Gasteiger partial charge is 0.123 e. The Labute approximate surface area is 124 Å². The molecule has 0 atom stereocenters. The van der Waals surface area contributed by atoms with Gasteiger partial charge in [0.2, 0.25) is 0 Å². The molecule has 0 bridgehead atoms. The van der Waals surface area contributed by atoms with E-state index in [4.69, 9.17) is 0 Å². The minimum Gasteiger partial charge on any atom is -0.379 e. The number of nitrogens with one attached hydrogen (secondary N) is 1. The molecule has 1 fully saturated rings. The fourth-order valence-electron chi connectivity index (χ4n) is 2.85. The van der Waals surface area contributed by atoms with E-state index in [0.717, 1.165) is 24.2 Å². The zero-order valence-corrected chi connectivity index (χ0v) is 12.4. The Hall–Kier alpha value is -2.10. The topological polar surface area (TPSA) is 28.2 Å². The number of rotatable bonds is 4. The minimum absolute atomic E-state index is 0.168. The van der Waals surface area contributed by atoms with Crippen LogP contribution in [0.25, 0.3) is 0 Å². The molecule has 0 aliphatic heterocycles. The molecule has 1 aromatic heterocycles. The second-order valence-corrected chi connectivity index (χ2v) is 5.85. The van der Waals surface area contributed by atoms with E-state index in [9.17, 15) is 4.39 Å². The van der Waals surface area contributed by atoms with E-state index < -0.39 is 0 Å². The lowest BCUT2D eigenvalue weighted by Crippen LogP contribution is -2.34. The fourth-order valence-corrected chi connectivity index (χ4v) is 2.85. The Kier molecular flexibility index (Phi) is 3.78. The van der Waals surface area contributed by atoms with Crippen LogP contribution in [-0.2, 0) is 0 Å². The molecule has 0 amide bonds. The quantitative estimate of drug-likeness (QED) is 0.929. The number of hydrogen-bond acceptors (Lipinski definition) is 3. The zero-order valence-electron chi connectivity index (χ0n) is 12.4. The summed E-state index contributed by atoms with van der Waals surface area (Å²) in [6, 6.07) is 9.35. The van der Waals surface area contributed by atoms with Gasteiger partial charge in [0.1, 0.15) is 5.82 Å². The first kappa shape index (κ1) is 13.9. The standard InChI is InChI=1S/C17H20FN3/c1-21(2)17-7-8-19-11-16(17)20-15-9-13(10-15)12-3-5-14(18)6-4-12/h3-8,11,13,15,20H,9-10H2,1-2H3. The molecule has 1 aliphatic rings. The van der Waals surface area contributed by atoms with Crippen molar-refractivity contribution in [3.63, 3.8) is 0 Å². The average molecular weight is 285 g/mol. The van der Waals surface area contributed by atoms with Crippen molar-refractivity contribution in [3.8, 4) is 0 Å². The number of nitrogens with zero attached hydrogens (tertiary/aromatic N) is 2. The van der Waals surface area contributed by atoms with E-state index in [1.165, 1.54) is 5.56 Å². The molecule has 0 saturated heterocycles. The molecule has 0 unspecified atom stereocenters. The number of benzene rings is 1. The highest BCUT2D eigenvalue weighted by molar-refractivity contribution is 5.68. The van der Waals surface area contributed by atoms with Crippen LogP contribution in [0.3, 0.4) is 0 Å². The van der Waals surface area contributed by atoms with Gasteiger partial charge in [-0.1, -0.05) is 12.1 Å². The van der Waals surface area contributed by atoms with Gasteiger partial charge in [-0.3, -0.25) is 4.98 Å². The van der Waals surface area contributed by atoms with Crippen molar-refractivity contribution < 1.29 is 4.39 Å². The van der Waals surface area contributed by atoms with Crippen LogP contribution >= 0.6 is 0 Å². The van der Waals surface area contributed by atoms with Crippen LogP contribution in [0.2, 0.25) is 0 Å². The SMILES string of the molecule is CN(C)c1ccncc1NC1CC(c2ccc(F)cc2)C1. The number of hydrogen-bond donors (Lipinski definition) is 1. The van der Waals surface area contributed by atoms with Gasteiger partial charge in [0, 0.05) is 26.3 Å². The van der Waals surface area contributed by atoms with E-state index in [2.05, 4.69) is 15.2 Å². The predicted octanol–water partition coefficient (Wildman–Crippen LogP) is 3.64. The molecule has 4 heteroatoms. The molecule has 21 heavy (non-hydrogen) atoms. The van der Waals surface area contributed by atoms with Crippen molar-refractivity contribution >= 4 is 11.4 Å². The van der Waals surface area contributed by atoms with Crippen LogP contribution in [0.4, 0.5) is 15.8 Å². The van der Waals surface area contributed by atoms with Crippen molar-refractivity contribution in [2.45, 2.75) is 24.8 Å². The van der Waals surface area contributed by atoms with Crippen LogP contribution in [0.5, 0.6) is 0 Å². The molecule has 1 aliphatic carbocycles. The lowest BCUT2D eigenvalue weighted by molar-refractivity contribution is 0.374. The summed E-state index contributed by atoms with van der Waals surface area (Å²) >= 11 is 0. The van der Waals surface area contributed by atoms with Crippen molar-refractivity contribution in [3.05, 3.63) is 54.1 Å². The Morgan fingerprint density at radius 1 is 1.14 bits per heavy atom. The Bertz CT molecular complexity index is 604. The van der Waals surface area contributed by atoms with Gasteiger partial charge >= 0.3 is 0 Å². The van der Waals surface area contributed by atoms with E-state index in [1.54, 1.807) is 12.1 Å². The summed E-state index contributed by atoms with van der Waals surface area (Å²) in [6.07, 6.45) is 5.84. The second kappa shape index (κ2) is 5.72. The summed E-state index contributed by atoms with van der Waals surface area (Å²) in [5, 5.41) is 3.56. The Morgan fingerprint density at radius 2 is 1.86 bits per heavy atom. The van der Waals surface area contributed by atoms with Crippen LogP contribution in [0, 0.1) is 5.82 Å². The zero-order chi connectivity index (χ0) is 14.8. The second-order valence-electron chi connectivity index (χ2n) is 5.85. The highest BCUT2D eigenvalue weighted by atomic mass is 19.1. The normalized spacial score (nSPS) is 20.7. The first-order chi connectivity index (χ1) is 10.1. The molecule has 0 spiro atoms. The molecule has 3 rings (SSSR count). The maximum absolute atomic E-state index is 12.9. The lowest BCUT2D eigenvalue weighted by atomic mass is 9.76. The highest BCUT2D eigenvalue weighted by Gasteiger charge is 2.30. The van der Waals surface area contributed by atoms with E-state index in [-0.39, 0.29) is 5.82 Å². The van der Waals surface area contributed by atoms with Crippen LogP contribution < -0.4 is 10.2 Å². The van der Waals surface area contributed by atoms with Gasteiger partial charge < -0.3 is 10.2 Å². The summed E-state index contributed by atoms with van der Waals surface area (Å²) in [5.41, 5.74) is 3.45. The molecule has 110 valence electrons. The lowest BCUT2D eigenvalue weighted by Gasteiger charge is -2.37. The molecule has 1 N–H and O–H groups in total. The molecule has 1 aromatic carbocycles. The third kappa shape index (κ3) is 2.99. The predicted molar refractivity (Wildman–Crippen MR) is 84.3 cm³/mol. The third-order valence-electron chi connectivity index (χ3n) is 4.12. The van der Waals surface area contributed by atoms with Crippen LogP contribution in [0.15, 0.2) is 42.7 Å². The van der Waals surface area contributed by atoms with E-state index in [1.807, 2.05) is 44.7 Å². The molecule has 2 aromatic rings. The molecule has 0 radical (unpaired) electrons. The average Bonchev–Trinajstić information content (AvgIpc) is 2.44.